The SMILES string of the molecule is C[C@@H]1CCC(=O)[C@H]1c1ccccc1. The van der Waals surface area contributed by atoms with Crippen LogP contribution in [0.5, 0.6) is 0 Å². The molecule has 0 unspecified atom stereocenters. The van der Waals surface area contributed by atoms with Gasteiger partial charge in [0.15, 0.2) is 0 Å². The van der Waals surface area contributed by atoms with Crippen molar-refractivity contribution in [3.8, 4) is 0 Å². The third-order valence-corrected chi connectivity index (χ3v) is 2.92. The van der Waals surface area contributed by atoms with Crippen LogP contribution < -0.4 is 0 Å². The Bertz CT molecular complexity index is 302. The Morgan fingerprint density at radius 2 is 1.92 bits per heavy atom. The minimum absolute atomic E-state index is 0.168. The number of carbonyl (C=O) groups is 1. The fraction of sp³-hybridized carbons (Fsp3) is 0.417. The quantitative estimate of drug-likeness (QED) is 0.639. The molecule has 1 nitrogen and oxygen atoms in total. The van der Waals surface area contributed by atoms with Crippen LogP contribution in [-0.2, 0) is 4.79 Å². The van der Waals surface area contributed by atoms with E-state index in [4.69, 9.17) is 0 Å². The molecule has 0 radical (unpaired) electrons. The van der Waals surface area contributed by atoms with E-state index >= 15 is 0 Å². The lowest BCUT2D eigenvalue weighted by atomic mass is 9.90. The Morgan fingerprint density at radius 3 is 2.46 bits per heavy atom. The van der Waals surface area contributed by atoms with E-state index in [1.807, 2.05) is 18.2 Å². The van der Waals surface area contributed by atoms with Crippen molar-refractivity contribution in [1.82, 2.24) is 0 Å². The summed E-state index contributed by atoms with van der Waals surface area (Å²) in [5.74, 6) is 1.11. The number of hydrogen-bond acceptors (Lipinski definition) is 1. The molecule has 1 aliphatic carbocycles. The van der Waals surface area contributed by atoms with Crippen LogP contribution in [0.25, 0.3) is 0 Å². The third-order valence-electron chi connectivity index (χ3n) is 2.92. The van der Waals surface area contributed by atoms with Crippen molar-refractivity contribution >= 4 is 5.78 Å². The summed E-state index contributed by atoms with van der Waals surface area (Å²) in [7, 11) is 0. The molecule has 2 atom stereocenters. The number of ketones is 1. The van der Waals surface area contributed by atoms with Crippen molar-refractivity contribution in [2.75, 3.05) is 0 Å². The van der Waals surface area contributed by atoms with E-state index < -0.39 is 0 Å². The Morgan fingerprint density at radius 1 is 1.23 bits per heavy atom. The summed E-state index contributed by atoms with van der Waals surface area (Å²) in [4.78, 5) is 11.6. The van der Waals surface area contributed by atoms with Gasteiger partial charge >= 0.3 is 0 Å². The van der Waals surface area contributed by atoms with E-state index in [1.54, 1.807) is 0 Å². The largest absolute Gasteiger partial charge is 0.299 e. The molecule has 0 amide bonds. The van der Waals surface area contributed by atoms with Crippen molar-refractivity contribution in [2.24, 2.45) is 5.92 Å². The lowest BCUT2D eigenvalue weighted by Gasteiger charge is -2.13. The summed E-state index contributed by atoms with van der Waals surface area (Å²) in [6, 6.07) is 10.1. The zero-order valence-electron chi connectivity index (χ0n) is 7.86. The average Bonchev–Trinajstić information content (AvgIpc) is 2.48. The molecule has 0 spiro atoms. The van der Waals surface area contributed by atoms with Gasteiger partial charge in [0.2, 0.25) is 0 Å². The maximum atomic E-state index is 11.6. The minimum atomic E-state index is 0.168. The van der Waals surface area contributed by atoms with Crippen molar-refractivity contribution in [1.29, 1.82) is 0 Å². The molecule has 0 bridgehead atoms. The minimum Gasteiger partial charge on any atom is -0.299 e. The first-order valence-electron chi connectivity index (χ1n) is 4.86. The van der Waals surface area contributed by atoms with Crippen LogP contribution in [0.3, 0.4) is 0 Å². The zero-order chi connectivity index (χ0) is 9.26. The molecular weight excluding hydrogens is 160 g/mol. The molecule has 1 aliphatic rings. The molecule has 13 heavy (non-hydrogen) atoms. The number of carbonyl (C=O) groups excluding carboxylic acids is 1. The molecule has 1 saturated carbocycles. The topological polar surface area (TPSA) is 17.1 Å². The second kappa shape index (κ2) is 3.33. The summed E-state index contributed by atoms with van der Waals surface area (Å²) >= 11 is 0. The third kappa shape index (κ3) is 1.51. The van der Waals surface area contributed by atoms with Crippen molar-refractivity contribution < 1.29 is 4.79 Å². The van der Waals surface area contributed by atoms with E-state index in [-0.39, 0.29) is 5.92 Å². The number of hydrogen-bond donors (Lipinski definition) is 0. The number of rotatable bonds is 1. The maximum Gasteiger partial charge on any atom is 0.140 e. The highest BCUT2D eigenvalue weighted by atomic mass is 16.1. The normalized spacial score (nSPS) is 27.9. The van der Waals surface area contributed by atoms with Gasteiger partial charge in [-0.2, -0.15) is 0 Å². The monoisotopic (exact) mass is 174 g/mol. The number of Topliss-reactive ketones (excluding diaryl/α,β-unsaturated/α-hetero) is 1. The summed E-state index contributed by atoms with van der Waals surface area (Å²) in [5.41, 5.74) is 1.19. The molecule has 0 aliphatic heterocycles. The lowest BCUT2D eigenvalue weighted by molar-refractivity contribution is -0.118. The van der Waals surface area contributed by atoms with Gasteiger partial charge in [0.05, 0.1) is 0 Å². The van der Waals surface area contributed by atoms with Crippen LogP contribution in [0.1, 0.15) is 31.2 Å². The second-order valence-electron chi connectivity index (χ2n) is 3.87. The Kier molecular flexibility index (Phi) is 2.17. The van der Waals surface area contributed by atoms with Gasteiger partial charge in [0.1, 0.15) is 5.78 Å². The van der Waals surface area contributed by atoms with Crippen LogP contribution in [0.4, 0.5) is 0 Å². The fourth-order valence-corrected chi connectivity index (χ4v) is 2.18. The van der Waals surface area contributed by atoms with Crippen LogP contribution in [-0.4, -0.2) is 5.78 Å². The summed E-state index contributed by atoms with van der Waals surface area (Å²) in [5, 5.41) is 0. The van der Waals surface area contributed by atoms with Gasteiger partial charge in [-0.25, -0.2) is 0 Å². The standard InChI is InChI=1S/C12H14O/c1-9-7-8-11(13)12(9)10-5-3-2-4-6-10/h2-6,9,12H,7-8H2,1H3/t9-,12-/m1/s1. The van der Waals surface area contributed by atoms with Crippen LogP contribution in [0.15, 0.2) is 30.3 Å². The predicted octanol–water partition coefficient (Wildman–Crippen LogP) is 2.77. The molecule has 0 N–H and O–H groups in total. The van der Waals surface area contributed by atoms with Gasteiger partial charge in [-0.1, -0.05) is 37.3 Å². The molecule has 1 aromatic carbocycles. The smallest absolute Gasteiger partial charge is 0.140 e. The molecule has 0 saturated heterocycles. The lowest BCUT2D eigenvalue weighted by Crippen LogP contribution is -2.09. The summed E-state index contributed by atoms with van der Waals surface area (Å²) in [6.45, 7) is 2.17. The van der Waals surface area contributed by atoms with E-state index in [1.165, 1.54) is 5.56 Å². The van der Waals surface area contributed by atoms with Gasteiger partial charge in [-0.15, -0.1) is 0 Å². The highest BCUT2D eigenvalue weighted by Gasteiger charge is 2.32. The average molecular weight is 174 g/mol. The van der Waals surface area contributed by atoms with Gasteiger partial charge in [-0.3, -0.25) is 4.79 Å². The Labute approximate surface area is 78.8 Å². The molecule has 2 rings (SSSR count). The van der Waals surface area contributed by atoms with Crippen molar-refractivity contribution in [2.45, 2.75) is 25.7 Å². The number of benzene rings is 1. The van der Waals surface area contributed by atoms with Gasteiger partial charge < -0.3 is 0 Å². The Hall–Kier alpha value is -1.11. The van der Waals surface area contributed by atoms with E-state index in [2.05, 4.69) is 19.1 Å². The molecule has 0 aromatic heterocycles. The molecule has 68 valence electrons. The van der Waals surface area contributed by atoms with Gasteiger partial charge in [0, 0.05) is 12.3 Å². The summed E-state index contributed by atoms with van der Waals surface area (Å²) < 4.78 is 0. The maximum absolute atomic E-state index is 11.6. The van der Waals surface area contributed by atoms with E-state index in [0.29, 0.717) is 11.7 Å². The fourth-order valence-electron chi connectivity index (χ4n) is 2.18. The molecule has 0 heterocycles. The Balaban J connectivity index is 2.30. The van der Waals surface area contributed by atoms with Crippen LogP contribution in [0, 0.1) is 5.92 Å². The summed E-state index contributed by atoms with van der Waals surface area (Å²) in [6.07, 6.45) is 1.82. The first kappa shape index (κ1) is 8.49. The first-order chi connectivity index (χ1) is 6.29. The molecule has 1 heteroatoms. The van der Waals surface area contributed by atoms with E-state index in [9.17, 15) is 4.79 Å². The second-order valence-corrected chi connectivity index (χ2v) is 3.87. The highest BCUT2D eigenvalue weighted by Crippen LogP contribution is 2.36. The molecule has 1 fully saturated rings. The van der Waals surface area contributed by atoms with E-state index in [0.717, 1.165) is 12.8 Å². The van der Waals surface area contributed by atoms with Crippen LogP contribution in [0.2, 0.25) is 0 Å². The molecular formula is C12H14O. The zero-order valence-corrected chi connectivity index (χ0v) is 7.86. The van der Waals surface area contributed by atoms with Crippen molar-refractivity contribution in [3.05, 3.63) is 35.9 Å². The molecule has 1 aromatic rings. The predicted molar refractivity (Wildman–Crippen MR) is 52.6 cm³/mol. The van der Waals surface area contributed by atoms with Crippen LogP contribution >= 0.6 is 0 Å². The van der Waals surface area contributed by atoms with Crippen molar-refractivity contribution in [3.63, 3.8) is 0 Å². The van der Waals surface area contributed by atoms with Gasteiger partial charge in [-0.05, 0) is 17.9 Å². The first-order valence-corrected chi connectivity index (χ1v) is 4.86. The highest BCUT2D eigenvalue weighted by molar-refractivity contribution is 5.88. The van der Waals surface area contributed by atoms with Gasteiger partial charge in [0.25, 0.3) is 0 Å².